The molecule has 1 unspecified atom stereocenters. The van der Waals surface area contributed by atoms with Crippen molar-refractivity contribution in [3.63, 3.8) is 0 Å². The van der Waals surface area contributed by atoms with Crippen LogP contribution in [0.4, 0.5) is 0 Å². The van der Waals surface area contributed by atoms with Crippen molar-refractivity contribution in [1.82, 2.24) is 20.5 Å². The van der Waals surface area contributed by atoms with Crippen molar-refractivity contribution in [1.29, 1.82) is 0 Å². The van der Waals surface area contributed by atoms with Crippen LogP contribution in [0.25, 0.3) is 0 Å². The van der Waals surface area contributed by atoms with Gasteiger partial charge in [-0.1, -0.05) is 26.0 Å². The Bertz CT molecular complexity index is 809. The van der Waals surface area contributed by atoms with Crippen molar-refractivity contribution < 1.29 is 9.59 Å². The van der Waals surface area contributed by atoms with E-state index in [1.807, 2.05) is 0 Å². The molecule has 2 fully saturated rings. The van der Waals surface area contributed by atoms with Crippen molar-refractivity contribution in [3.8, 4) is 0 Å². The molecule has 29 heavy (non-hydrogen) atoms. The fourth-order valence-corrected chi connectivity index (χ4v) is 3.91. The van der Waals surface area contributed by atoms with E-state index in [0.717, 1.165) is 13.0 Å². The van der Waals surface area contributed by atoms with E-state index in [-0.39, 0.29) is 11.6 Å². The lowest BCUT2D eigenvalue weighted by atomic mass is 9.98. The number of carbonyl (C=O) groups is 2. The van der Waals surface area contributed by atoms with Crippen molar-refractivity contribution >= 4 is 11.8 Å². The minimum absolute atomic E-state index is 0.176. The highest BCUT2D eigenvalue weighted by atomic mass is 16.2. The molecule has 154 valence electrons. The summed E-state index contributed by atoms with van der Waals surface area (Å²) in [7, 11) is 0. The number of pyridine rings is 1. The van der Waals surface area contributed by atoms with Gasteiger partial charge >= 0.3 is 0 Å². The van der Waals surface area contributed by atoms with Crippen molar-refractivity contribution in [2.24, 2.45) is 5.73 Å². The summed E-state index contributed by atoms with van der Waals surface area (Å²) < 4.78 is 0. The molecule has 0 bridgehead atoms. The van der Waals surface area contributed by atoms with Crippen LogP contribution in [-0.2, 0) is 0 Å². The molecule has 1 saturated carbocycles. The van der Waals surface area contributed by atoms with Crippen LogP contribution in [0.2, 0.25) is 0 Å². The maximum absolute atomic E-state index is 12.4. The first-order valence-corrected chi connectivity index (χ1v) is 10.1. The zero-order valence-electron chi connectivity index (χ0n) is 16.7. The van der Waals surface area contributed by atoms with Gasteiger partial charge < -0.3 is 16.4 Å². The smallest absolute Gasteiger partial charge is 0.274 e. The minimum Gasteiger partial charge on any atom is -0.397 e. The van der Waals surface area contributed by atoms with Gasteiger partial charge in [-0.15, -0.1) is 0 Å². The van der Waals surface area contributed by atoms with Crippen molar-refractivity contribution in [2.75, 3.05) is 13.1 Å². The van der Waals surface area contributed by atoms with E-state index in [0.29, 0.717) is 35.6 Å². The van der Waals surface area contributed by atoms with E-state index < -0.39 is 5.91 Å². The van der Waals surface area contributed by atoms with Gasteiger partial charge in [0.2, 0.25) is 0 Å². The molecule has 3 rings (SSSR count). The predicted molar refractivity (Wildman–Crippen MR) is 113 cm³/mol. The third-order valence-electron chi connectivity index (χ3n) is 5.72. The number of nitrogens with two attached hydrogens (primary N) is 1. The van der Waals surface area contributed by atoms with Gasteiger partial charge in [0, 0.05) is 31.4 Å². The van der Waals surface area contributed by atoms with Gasteiger partial charge in [0.1, 0.15) is 5.69 Å². The lowest BCUT2D eigenvalue weighted by molar-refractivity contribution is 0.0425. The first-order chi connectivity index (χ1) is 14.0. The van der Waals surface area contributed by atoms with E-state index in [9.17, 15) is 9.59 Å². The van der Waals surface area contributed by atoms with Gasteiger partial charge in [-0.3, -0.25) is 19.5 Å². The molecule has 1 saturated heterocycles. The fraction of sp³-hybridized carbons (Fsp3) is 0.409. The molecule has 1 atom stereocenters. The summed E-state index contributed by atoms with van der Waals surface area (Å²) in [5.41, 5.74) is 7.03. The SMILES string of the molecule is C=C/C(N)=C(\C=C)NC(=O)c1ccc(C(=O)NCC2CCN2C2CCCC2)cn1. The largest absolute Gasteiger partial charge is 0.397 e. The molecular formula is C22H29N5O2. The molecule has 1 aromatic heterocycles. The second-order valence-electron chi connectivity index (χ2n) is 7.49. The van der Waals surface area contributed by atoms with Crippen LogP contribution in [-0.4, -0.2) is 46.9 Å². The molecule has 4 N–H and O–H groups in total. The molecule has 7 nitrogen and oxygen atoms in total. The van der Waals surface area contributed by atoms with Crippen molar-refractivity contribution in [3.05, 3.63) is 66.3 Å². The monoisotopic (exact) mass is 395 g/mol. The second kappa shape index (κ2) is 9.52. The zero-order valence-corrected chi connectivity index (χ0v) is 16.7. The van der Waals surface area contributed by atoms with E-state index in [1.165, 1.54) is 50.1 Å². The summed E-state index contributed by atoms with van der Waals surface area (Å²) >= 11 is 0. The van der Waals surface area contributed by atoms with Gasteiger partial charge in [-0.05, 0) is 43.5 Å². The molecule has 2 heterocycles. The van der Waals surface area contributed by atoms with Gasteiger partial charge in [-0.25, -0.2) is 0 Å². The summed E-state index contributed by atoms with van der Waals surface area (Å²) in [6, 6.07) is 4.23. The van der Waals surface area contributed by atoms with E-state index in [1.54, 1.807) is 6.07 Å². The van der Waals surface area contributed by atoms with Crippen LogP contribution in [0.15, 0.2) is 55.0 Å². The maximum atomic E-state index is 12.4. The molecule has 0 spiro atoms. The zero-order chi connectivity index (χ0) is 20.8. The lowest BCUT2D eigenvalue weighted by Gasteiger charge is -2.45. The average Bonchev–Trinajstić information content (AvgIpc) is 3.24. The van der Waals surface area contributed by atoms with Crippen LogP contribution in [0.1, 0.15) is 53.0 Å². The molecule has 1 aromatic rings. The second-order valence-corrected chi connectivity index (χ2v) is 7.49. The topological polar surface area (TPSA) is 100 Å². The molecule has 2 amide bonds. The van der Waals surface area contributed by atoms with Crippen LogP contribution in [0.3, 0.4) is 0 Å². The quantitative estimate of drug-likeness (QED) is 0.585. The van der Waals surface area contributed by atoms with Crippen LogP contribution in [0, 0.1) is 0 Å². The summed E-state index contributed by atoms with van der Waals surface area (Å²) in [6.07, 6.45) is 10.6. The van der Waals surface area contributed by atoms with Gasteiger partial charge in [0.25, 0.3) is 11.8 Å². The average molecular weight is 396 g/mol. The number of hydrogen-bond donors (Lipinski definition) is 3. The van der Waals surface area contributed by atoms with Gasteiger partial charge in [0.05, 0.1) is 17.0 Å². The molecule has 0 radical (unpaired) electrons. The summed E-state index contributed by atoms with van der Waals surface area (Å²) in [5.74, 6) is -0.608. The standard InChI is InChI=1S/C22H29N5O2/c1-3-18(23)19(4-2)26-22(29)20-10-9-15(13-24-20)21(28)25-14-17-11-12-27(17)16-7-5-6-8-16/h3-4,9-10,13,16-17H,1-2,5-8,11-12,14,23H2,(H,25,28)(H,26,29)/b19-18-. The number of aromatic nitrogens is 1. The van der Waals surface area contributed by atoms with Gasteiger partial charge in [0.15, 0.2) is 0 Å². The molecule has 0 aromatic carbocycles. The number of carbonyl (C=O) groups excluding carboxylic acids is 2. The number of hydrogen-bond acceptors (Lipinski definition) is 5. The number of amides is 2. The molecule has 1 aliphatic heterocycles. The lowest BCUT2D eigenvalue weighted by Crippen LogP contribution is -2.56. The number of nitrogens with zero attached hydrogens (tertiary/aromatic N) is 2. The first-order valence-electron chi connectivity index (χ1n) is 10.1. The van der Waals surface area contributed by atoms with E-state index in [2.05, 4.69) is 33.7 Å². The van der Waals surface area contributed by atoms with E-state index >= 15 is 0 Å². The number of allylic oxidation sites excluding steroid dienone is 2. The molecular weight excluding hydrogens is 366 g/mol. The third-order valence-corrected chi connectivity index (χ3v) is 5.72. The Morgan fingerprint density at radius 2 is 1.93 bits per heavy atom. The Labute approximate surface area is 171 Å². The minimum atomic E-state index is -0.432. The summed E-state index contributed by atoms with van der Waals surface area (Å²) in [4.78, 5) is 31.4. The third kappa shape index (κ3) is 4.92. The highest BCUT2D eigenvalue weighted by Gasteiger charge is 2.35. The van der Waals surface area contributed by atoms with Crippen LogP contribution in [0.5, 0.6) is 0 Å². The molecule has 7 heteroatoms. The number of rotatable bonds is 8. The number of likely N-dealkylation sites (tertiary alicyclic amines) is 1. The maximum Gasteiger partial charge on any atom is 0.274 e. The highest BCUT2D eigenvalue weighted by molar-refractivity contribution is 5.96. The Hall–Kier alpha value is -2.93. The molecule has 2 aliphatic rings. The van der Waals surface area contributed by atoms with Crippen LogP contribution < -0.4 is 16.4 Å². The highest BCUT2D eigenvalue weighted by Crippen LogP contribution is 2.30. The van der Waals surface area contributed by atoms with Crippen LogP contribution >= 0.6 is 0 Å². The summed E-state index contributed by atoms with van der Waals surface area (Å²) in [6.45, 7) is 8.95. The number of nitrogens with one attached hydrogen (secondary N) is 2. The van der Waals surface area contributed by atoms with E-state index in [4.69, 9.17) is 5.73 Å². The molecule has 1 aliphatic carbocycles. The Morgan fingerprint density at radius 3 is 2.48 bits per heavy atom. The Morgan fingerprint density at radius 1 is 1.17 bits per heavy atom. The first kappa shape index (κ1) is 20.8. The fourth-order valence-electron chi connectivity index (χ4n) is 3.91. The Balaban J connectivity index is 1.52. The Kier molecular flexibility index (Phi) is 6.82. The normalized spacial score (nSPS) is 20.3. The van der Waals surface area contributed by atoms with Gasteiger partial charge in [-0.2, -0.15) is 0 Å². The predicted octanol–water partition coefficient (Wildman–Crippen LogP) is 2.10. The van der Waals surface area contributed by atoms with Crippen molar-refractivity contribution in [2.45, 2.75) is 44.2 Å². The summed E-state index contributed by atoms with van der Waals surface area (Å²) in [5, 5.41) is 5.62.